The number of nitrogens with one attached hydrogen (secondary N) is 3. The fourth-order valence-electron chi connectivity index (χ4n) is 3.56. The predicted molar refractivity (Wildman–Crippen MR) is 148 cm³/mol. The minimum atomic E-state index is -4.35. The van der Waals surface area contributed by atoms with Crippen LogP contribution in [0.1, 0.15) is 40.1 Å². The highest BCUT2D eigenvalue weighted by atomic mass is 32.2. The maximum absolute atomic E-state index is 13.7. The molecule has 13 heteroatoms. The molecule has 5 N–H and O–H groups in total. The molecule has 206 valence electrons. The van der Waals surface area contributed by atoms with Gasteiger partial charge in [-0.15, -0.1) is 0 Å². The number of nitrogen functional groups attached to an aromatic ring is 1. The number of nitrogens with two attached hydrogens (primary N) is 1. The van der Waals surface area contributed by atoms with Crippen molar-refractivity contribution in [1.82, 2.24) is 4.72 Å². The lowest BCUT2D eigenvalue weighted by molar-refractivity contribution is 0.0743. The third-order valence-corrected chi connectivity index (χ3v) is 7.26. The van der Waals surface area contributed by atoms with Crippen LogP contribution in [0.25, 0.3) is 11.1 Å². The van der Waals surface area contributed by atoms with Crippen LogP contribution in [-0.4, -0.2) is 47.3 Å². The van der Waals surface area contributed by atoms with Crippen molar-refractivity contribution in [3.05, 3.63) is 83.4 Å². The zero-order valence-electron chi connectivity index (χ0n) is 21.4. The van der Waals surface area contributed by atoms with Gasteiger partial charge < -0.3 is 15.2 Å². The van der Waals surface area contributed by atoms with Crippen molar-refractivity contribution in [1.29, 1.82) is 5.41 Å². The van der Waals surface area contributed by atoms with Gasteiger partial charge in [-0.3, -0.25) is 10.2 Å². The van der Waals surface area contributed by atoms with E-state index in [0.717, 1.165) is 0 Å². The SMILES string of the molecule is CC(C)CNS(=O)(=O)c1ccc(-c2ccccc2)c(C(=O)OS(C)(=O)=O)c1C(=O)Nc1ccc(C(=N)N)cc1. The van der Waals surface area contributed by atoms with Gasteiger partial charge in [0, 0.05) is 17.8 Å². The summed E-state index contributed by atoms with van der Waals surface area (Å²) in [4.78, 5) is 26.4. The summed E-state index contributed by atoms with van der Waals surface area (Å²) in [5.74, 6) is -2.70. The topological polar surface area (TPSA) is 186 Å². The fourth-order valence-corrected chi connectivity index (χ4v) is 5.34. The average Bonchev–Trinajstić information content (AvgIpc) is 2.86. The highest BCUT2D eigenvalue weighted by Crippen LogP contribution is 2.32. The molecule has 0 unspecified atom stereocenters. The molecule has 0 radical (unpaired) electrons. The van der Waals surface area contributed by atoms with Crippen LogP contribution in [0.2, 0.25) is 0 Å². The normalized spacial score (nSPS) is 11.7. The molecule has 0 saturated heterocycles. The highest BCUT2D eigenvalue weighted by Gasteiger charge is 2.33. The molecule has 11 nitrogen and oxygen atoms in total. The van der Waals surface area contributed by atoms with Crippen LogP contribution in [0.5, 0.6) is 0 Å². The summed E-state index contributed by atoms with van der Waals surface area (Å²) in [7, 11) is -8.69. The van der Waals surface area contributed by atoms with E-state index in [-0.39, 0.29) is 29.5 Å². The van der Waals surface area contributed by atoms with Gasteiger partial charge >= 0.3 is 16.1 Å². The van der Waals surface area contributed by atoms with Gasteiger partial charge in [0.1, 0.15) is 5.84 Å². The molecule has 0 bridgehead atoms. The molecular formula is C26H28N4O7S2. The molecule has 39 heavy (non-hydrogen) atoms. The van der Waals surface area contributed by atoms with Gasteiger partial charge in [0.05, 0.1) is 22.3 Å². The first-order valence-corrected chi connectivity index (χ1v) is 14.9. The summed E-state index contributed by atoms with van der Waals surface area (Å²) < 4.78 is 57.5. The maximum atomic E-state index is 13.7. The first kappa shape index (κ1) is 29.5. The van der Waals surface area contributed by atoms with Crippen LogP contribution in [0.3, 0.4) is 0 Å². The van der Waals surface area contributed by atoms with Crippen molar-refractivity contribution >= 4 is 43.5 Å². The van der Waals surface area contributed by atoms with Crippen LogP contribution in [0.15, 0.2) is 71.6 Å². The Kier molecular flexibility index (Phi) is 8.89. The number of sulfonamides is 1. The molecule has 0 fully saturated rings. The second kappa shape index (κ2) is 11.8. The number of benzene rings is 3. The van der Waals surface area contributed by atoms with Gasteiger partial charge in [-0.25, -0.2) is 17.9 Å². The quantitative estimate of drug-likeness (QED) is 0.162. The molecule has 0 saturated carbocycles. The average molecular weight is 573 g/mol. The first-order chi connectivity index (χ1) is 18.2. The van der Waals surface area contributed by atoms with Crippen molar-refractivity contribution < 1.29 is 30.6 Å². The molecule has 0 spiro atoms. The Labute approximate surface area is 227 Å². The number of carbonyl (C=O) groups is 2. The van der Waals surface area contributed by atoms with Gasteiger partial charge in [0.15, 0.2) is 0 Å². The number of hydrogen-bond acceptors (Lipinski definition) is 8. The van der Waals surface area contributed by atoms with Crippen molar-refractivity contribution in [2.45, 2.75) is 18.7 Å². The van der Waals surface area contributed by atoms with Gasteiger partial charge in [-0.05, 0) is 47.4 Å². The molecule has 3 aromatic rings. The van der Waals surface area contributed by atoms with E-state index < -0.39 is 48.0 Å². The molecular weight excluding hydrogens is 544 g/mol. The molecule has 0 heterocycles. The molecule has 3 aromatic carbocycles. The van der Waals surface area contributed by atoms with Gasteiger partial charge in [-0.1, -0.05) is 50.2 Å². The van der Waals surface area contributed by atoms with E-state index >= 15 is 0 Å². The lowest BCUT2D eigenvalue weighted by atomic mass is 9.94. The standard InChI is InChI=1S/C26H28N4O7S2/c1-16(2)15-29-39(35,36)21-14-13-20(17-7-5-4-6-8-17)22(26(32)37-38(3,33)34)23(21)25(31)30-19-11-9-18(10-12-19)24(27)28/h4-14,16,29H,15H2,1-3H3,(H3,27,28)(H,30,31). The fraction of sp³-hybridized carbons (Fsp3) is 0.192. The Balaban J connectivity index is 2.30. The number of carbonyl (C=O) groups excluding carboxylic acids is 2. The van der Waals surface area contributed by atoms with Crippen LogP contribution >= 0.6 is 0 Å². The van der Waals surface area contributed by atoms with Crippen LogP contribution in [0, 0.1) is 11.3 Å². The third kappa shape index (κ3) is 7.50. The Morgan fingerprint density at radius 1 is 0.923 bits per heavy atom. The number of hydrogen-bond donors (Lipinski definition) is 4. The van der Waals surface area contributed by atoms with Crippen LogP contribution in [0.4, 0.5) is 5.69 Å². The second-order valence-electron chi connectivity index (χ2n) is 8.99. The molecule has 0 atom stereocenters. The molecule has 0 aliphatic carbocycles. The lowest BCUT2D eigenvalue weighted by Crippen LogP contribution is -2.31. The van der Waals surface area contributed by atoms with E-state index in [9.17, 15) is 26.4 Å². The zero-order valence-corrected chi connectivity index (χ0v) is 23.0. The molecule has 3 rings (SSSR count). The van der Waals surface area contributed by atoms with E-state index in [1.165, 1.54) is 36.4 Å². The Morgan fingerprint density at radius 2 is 1.54 bits per heavy atom. The van der Waals surface area contributed by atoms with E-state index in [2.05, 4.69) is 14.2 Å². The highest BCUT2D eigenvalue weighted by molar-refractivity contribution is 7.89. The maximum Gasteiger partial charge on any atom is 0.355 e. The minimum absolute atomic E-state index is 0.0411. The van der Waals surface area contributed by atoms with Gasteiger partial charge in [-0.2, -0.15) is 8.42 Å². The summed E-state index contributed by atoms with van der Waals surface area (Å²) >= 11 is 0. The Morgan fingerprint density at radius 3 is 2.08 bits per heavy atom. The number of anilines is 1. The number of amidine groups is 1. The van der Waals surface area contributed by atoms with Crippen molar-refractivity contribution in [3.8, 4) is 11.1 Å². The van der Waals surface area contributed by atoms with E-state index in [0.29, 0.717) is 17.4 Å². The van der Waals surface area contributed by atoms with E-state index in [1.54, 1.807) is 44.2 Å². The predicted octanol–water partition coefficient (Wildman–Crippen LogP) is 2.94. The van der Waals surface area contributed by atoms with Gasteiger partial charge in [0.25, 0.3) is 5.91 Å². The number of rotatable bonds is 10. The lowest BCUT2D eigenvalue weighted by Gasteiger charge is -2.19. The van der Waals surface area contributed by atoms with Crippen molar-refractivity contribution in [2.24, 2.45) is 11.7 Å². The molecule has 0 aliphatic rings. The third-order valence-electron chi connectivity index (χ3n) is 5.34. The second-order valence-corrected chi connectivity index (χ2v) is 12.3. The summed E-state index contributed by atoms with van der Waals surface area (Å²) in [5.41, 5.74) is 5.42. The largest absolute Gasteiger partial charge is 0.384 e. The Hall–Kier alpha value is -4.07. The molecule has 0 aliphatic heterocycles. The van der Waals surface area contributed by atoms with E-state index in [4.69, 9.17) is 11.1 Å². The summed E-state index contributed by atoms with van der Waals surface area (Å²) in [6.07, 6.45) is 0.661. The van der Waals surface area contributed by atoms with Gasteiger partial charge in [0.2, 0.25) is 10.0 Å². The molecule has 0 aromatic heterocycles. The van der Waals surface area contributed by atoms with E-state index in [1.807, 2.05) is 0 Å². The van der Waals surface area contributed by atoms with Crippen molar-refractivity contribution in [2.75, 3.05) is 18.1 Å². The first-order valence-electron chi connectivity index (χ1n) is 11.6. The minimum Gasteiger partial charge on any atom is -0.384 e. The Bertz CT molecular complexity index is 1620. The smallest absolute Gasteiger partial charge is 0.355 e. The monoisotopic (exact) mass is 572 g/mol. The summed E-state index contributed by atoms with van der Waals surface area (Å²) in [6, 6.07) is 16.6. The number of amides is 1. The van der Waals surface area contributed by atoms with Crippen molar-refractivity contribution in [3.63, 3.8) is 0 Å². The summed E-state index contributed by atoms with van der Waals surface area (Å²) in [6.45, 7) is 3.61. The van der Waals surface area contributed by atoms with Crippen LogP contribution < -0.4 is 15.8 Å². The molecule has 1 amide bonds. The van der Waals surface area contributed by atoms with Crippen LogP contribution in [-0.2, 0) is 24.3 Å². The zero-order chi connectivity index (χ0) is 29.0. The summed E-state index contributed by atoms with van der Waals surface area (Å²) in [5, 5.41) is 10.1.